The molecule has 33 heavy (non-hydrogen) atoms. The first-order chi connectivity index (χ1) is 16.2. The maximum Gasteiger partial charge on any atom is 0.274 e. The van der Waals surface area contributed by atoms with Crippen molar-refractivity contribution >= 4 is 5.91 Å². The summed E-state index contributed by atoms with van der Waals surface area (Å²) in [5.41, 5.74) is 1.03. The topological polar surface area (TPSA) is 112 Å². The van der Waals surface area contributed by atoms with Crippen LogP contribution in [0.3, 0.4) is 0 Å². The zero-order chi connectivity index (χ0) is 22.2. The van der Waals surface area contributed by atoms with Crippen molar-refractivity contribution in [1.82, 2.24) is 39.7 Å². The number of amides is 1. The fourth-order valence-electron chi connectivity index (χ4n) is 4.51. The highest BCUT2D eigenvalue weighted by Gasteiger charge is 2.37. The summed E-state index contributed by atoms with van der Waals surface area (Å²) < 4.78 is 16.1. The van der Waals surface area contributed by atoms with Crippen LogP contribution in [0.25, 0.3) is 0 Å². The Labute approximate surface area is 190 Å². The highest BCUT2D eigenvalue weighted by Crippen LogP contribution is 2.36. The maximum absolute atomic E-state index is 13.1. The molecule has 172 valence electrons. The van der Waals surface area contributed by atoms with Gasteiger partial charge in [0.2, 0.25) is 0 Å². The van der Waals surface area contributed by atoms with E-state index in [-0.39, 0.29) is 23.7 Å². The number of carbonyl (C=O) groups excluding carboxylic acids is 1. The van der Waals surface area contributed by atoms with Gasteiger partial charge >= 0.3 is 0 Å². The number of hydrogen-bond acceptors (Lipinski definition) is 8. The van der Waals surface area contributed by atoms with Gasteiger partial charge in [0.1, 0.15) is 18.1 Å². The molecule has 3 aliphatic rings. The van der Waals surface area contributed by atoms with E-state index >= 15 is 0 Å². The van der Waals surface area contributed by atoms with Crippen molar-refractivity contribution in [1.29, 1.82) is 0 Å². The van der Waals surface area contributed by atoms with Gasteiger partial charge in [-0.15, -0.1) is 5.10 Å². The number of imidazole rings is 1. The number of pyridine rings is 1. The number of nitrogens with zero attached hydrogens (tertiary/aromatic N) is 7. The van der Waals surface area contributed by atoms with Crippen LogP contribution in [0, 0.1) is 0 Å². The van der Waals surface area contributed by atoms with Gasteiger partial charge in [0.05, 0.1) is 38.0 Å². The zero-order valence-corrected chi connectivity index (χ0v) is 18.2. The molecule has 0 unspecified atom stereocenters. The predicted octanol–water partition coefficient (Wildman–Crippen LogP) is 0.796. The molecule has 0 radical (unpaired) electrons. The molecule has 1 N–H and O–H groups in total. The summed E-state index contributed by atoms with van der Waals surface area (Å²) in [6.07, 6.45) is 9.62. The number of nitrogens with one attached hydrogen (secondary N) is 1. The lowest BCUT2D eigenvalue weighted by Crippen LogP contribution is -2.44. The molecule has 0 aromatic carbocycles. The average molecular weight is 451 g/mol. The fourth-order valence-corrected chi connectivity index (χ4v) is 4.51. The van der Waals surface area contributed by atoms with E-state index in [4.69, 9.17) is 9.47 Å². The van der Waals surface area contributed by atoms with Crippen molar-refractivity contribution in [3.8, 4) is 5.75 Å². The molecule has 1 saturated carbocycles. The predicted molar refractivity (Wildman–Crippen MR) is 115 cm³/mol. The molecular formula is C22H26N8O3. The van der Waals surface area contributed by atoms with Crippen LogP contribution in [0.4, 0.5) is 0 Å². The largest absolute Gasteiger partial charge is 0.489 e. The van der Waals surface area contributed by atoms with E-state index in [1.807, 2.05) is 12.4 Å². The minimum atomic E-state index is -0.264. The van der Waals surface area contributed by atoms with Crippen molar-refractivity contribution in [3.05, 3.63) is 54.1 Å². The summed E-state index contributed by atoms with van der Waals surface area (Å²) in [5, 5.41) is 11.5. The van der Waals surface area contributed by atoms with Gasteiger partial charge in [-0.25, -0.2) is 14.6 Å². The van der Waals surface area contributed by atoms with Crippen LogP contribution in [0.1, 0.15) is 40.9 Å². The van der Waals surface area contributed by atoms with Gasteiger partial charge in [0.15, 0.2) is 11.4 Å². The van der Waals surface area contributed by atoms with Crippen molar-refractivity contribution in [2.75, 3.05) is 19.7 Å². The van der Waals surface area contributed by atoms with Crippen molar-refractivity contribution in [2.24, 2.45) is 0 Å². The minimum Gasteiger partial charge on any atom is -0.489 e. The molecule has 2 fully saturated rings. The number of aromatic nitrogens is 6. The second-order valence-corrected chi connectivity index (χ2v) is 8.78. The standard InChI is InChI=1S/C22H26N8O3/c31-22-21-18(2-1-5-24-21)32-9-8-29-10-15(26-27-29)14-33-19-12-28(11-17(19)25-22)13-20-23-6-7-30(20)16-3-4-16/h1-2,5-7,10,16-17,19H,3-4,8-9,11-14H2,(H,25,31)/t17-,19-/m0/s1. The van der Waals surface area contributed by atoms with Gasteiger partial charge < -0.3 is 19.4 Å². The fraction of sp³-hybridized carbons (Fsp3) is 0.500. The molecule has 2 bridgehead atoms. The first kappa shape index (κ1) is 20.3. The Morgan fingerprint density at radius 2 is 2.12 bits per heavy atom. The lowest BCUT2D eigenvalue weighted by atomic mass is 10.2. The van der Waals surface area contributed by atoms with Crippen LogP contribution < -0.4 is 10.1 Å². The van der Waals surface area contributed by atoms with Gasteiger partial charge in [-0.05, 0) is 25.0 Å². The van der Waals surface area contributed by atoms with Crippen LogP contribution in [0.2, 0.25) is 0 Å². The number of rotatable bonds is 3. The van der Waals surface area contributed by atoms with Crippen LogP contribution in [-0.4, -0.2) is 72.2 Å². The number of carbonyl (C=O) groups is 1. The summed E-state index contributed by atoms with van der Waals surface area (Å²) in [4.78, 5) is 24.3. The second kappa shape index (κ2) is 8.56. The highest BCUT2D eigenvalue weighted by atomic mass is 16.5. The summed E-state index contributed by atoms with van der Waals surface area (Å²) in [6.45, 7) is 3.24. The quantitative estimate of drug-likeness (QED) is 0.624. The Morgan fingerprint density at radius 1 is 1.18 bits per heavy atom. The van der Waals surface area contributed by atoms with Crippen molar-refractivity contribution in [2.45, 2.75) is 50.7 Å². The molecule has 5 heterocycles. The van der Waals surface area contributed by atoms with Gasteiger partial charge in [-0.1, -0.05) is 5.21 Å². The molecule has 1 saturated heterocycles. The third-order valence-corrected chi connectivity index (χ3v) is 6.31. The van der Waals surface area contributed by atoms with E-state index in [0.717, 1.165) is 11.5 Å². The molecule has 3 aromatic rings. The molecule has 6 rings (SSSR count). The molecule has 3 aromatic heterocycles. The SMILES string of the molecule is O=C1N[C@H]2CN(Cc3nccn3C3CC3)C[C@@H]2OCc2cn(nn2)CCOc2cccnc21. The molecule has 1 aliphatic carbocycles. The van der Waals surface area contributed by atoms with E-state index < -0.39 is 0 Å². The Hall–Kier alpha value is -3.31. The molecule has 1 amide bonds. The molecular weight excluding hydrogens is 424 g/mol. The first-order valence-corrected chi connectivity index (χ1v) is 11.4. The summed E-state index contributed by atoms with van der Waals surface area (Å²) in [6, 6.07) is 3.89. The Kier molecular flexibility index (Phi) is 5.27. The zero-order valence-electron chi connectivity index (χ0n) is 18.2. The van der Waals surface area contributed by atoms with E-state index in [2.05, 4.69) is 41.3 Å². The van der Waals surface area contributed by atoms with E-state index in [0.29, 0.717) is 51.2 Å². The van der Waals surface area contributed by atoms with Gasteiger partial charge in [-0.3, -0.25) is 9.69 Å². The molecule has 2 aliphatic heterocycles. The van der Waals surface area contributed by atoms with Crippen LogP contribution in [-0.2, 0) is 24.4 Å². The molecule has 0 spiro atoms. The van der Waals surface area contributed by atoms with Crippen molar-refractivity contribution < 1.29 is 14.3 Å². The van der Waals surface area contributed by atoms with Gasteiger partial charge in [0, 0.05) is 37.7 Å². The highest BCUT2D eigenvalue weighted by molar-refractivity contribution is 5.95. The molecule has 2 atom stereocenters. The Bertz CT molecular complexity index is 1140. The normalized spacial score (nSPS) is 23.8. The van der Waals surface area contributed by atoms with Gasteiger partial charge in [0.25, 0.3) is 5.91 Å². The lowest BCUT2D eigenvalue weighted by molar-refractivity contribution is 0.0291. The van der Waals surface area contributed by atoms with E-state index in [1.54, 1.807) is 23.0 Å². The second-order valence-electron chi connectivity index (χ2n) is 8.78. The molecule has 11 nitrogen and oxygen atoms in total. The number of hydrogen-bond donors (Lipinski definition) is 1. The minimum absolute atomic E-state index is 0.195. The Morgan fingerprint density at radius 3 is 3.03 bits per heavy atom. The monoisotopic (exact) mass is 450 g/mol. The average Bonchev–Trinajstić information content (AvgIpc) is 3.20. The maximum atomic E-state index is 13.1. The summed E-state index contributed by atoms with van der Waals surface area (Å²) in [7, 11) is 0. The van der Waals surface area contributed by atoms with Crippen molar-refractivity contribution in [3.63, 3.8) is 0 Å². The number of fused-ring (bicyclic) bond motifs is 4. The Balaban J connectivity index is 1.24. The van der Waals surface area contributed by atoms with Crippen LogP contribution in [0.5, 0.6) is 5.75 Å². The number of likely N-dealkylation sites (tertiary alicyclic amines) is 1. The lowest BCUT2D eigenvalue weighted by Gasteiger charge is -2.20. The summed E-state index contributed by atoms with van der Waals surface area (Å²) in [5.74, 6) is 1.24. The third-order valence-electron chi connectivity index (χ3n) is 6.31. The third kappa shape index (κ3) is 4.33. The van der Waals surface area contributed by atoms with E-state index in [1.165, 1.54) is 12.8 Å². The smallest absolute Gasteiger partial charge is 0.274 e. The van der Waals surface area contributed by atoms with Crippen LogP contribution in [0.15, 0.2) is 36.9 Å². The van der Waals surface area contributed by atoms with E-state index in [9.17, 15) is 4.79 Å². The van der Waals surface area contributed by atoms with Crippen LogP contribution >= 0.6 is 0 Å². The molecule has 11 heteroatoms. The summed E-state index contributed by atoms with van der Waals surface area (Å²) >= 11 is 0. The van der Waals surface area contributed by atoms with Gasteiger partial charge in [-0.2, -0.15) is 0 Å². The first-order valence-electron chi connectivity index (χ1n) is 11.4. The number of ether oxygens (including phenoxy) is 2.